The SMILES string of the molecule is CC(C(=O)NC1Cc2ccc(S(=O)(=O)Nc3nccs3)cc2C1)n1ccc2ccccc21. The fourth-order valence-electron chi connectivity index (χ4n) is 4.20. The predicted octanol–water partition coefficient (Wildman–Crippen LogP) is 3.74. The normalized spacial score (nSPS) is 16.6. The third kappa shape index (κ3) is 3.89. The Morgan fingerprint density at radius 2 is 1.97 bits per heavy atom. The smallest absolute Gasteiger partial charge is 0.263 e. The summed E-state index contributed by atoms with van der Waals surface area (Å²) in [6.07, 6.45) is 4.77. The molecule has 0 bridgehead atoms. The van der Waals surface area contributed by atoms with Crippen LogP contribution in [0.2, 0.25) is 0 Å². The van der Waals surface area contributed by atoms with Crippen LogP contribution in [0.3, 0.4) is 0 Å². The summed E-state index contributed by atoms with van der Waals surface area (Å²) >= 11 is 1.23. The Kier molecular flexibility index (Phi) is 5.22. The van der Waals surface area contributed by atoms with Crippen LogP contribution in [0.4, 0.5) is 5.13 Å². The van der Waals surface area contributed by atoms with E-state index < -0.39 is 10.0 Å². The van der Waals surface area contributed by atoms with Crippen molar-refractivity contribution in [3.63, 3.8) is 0 Å². The lowest BCUT2D eigenvalue weighted by Crippen LogP contribution is -2.39. The first-order valence-corrected chi connectivity index (χ1v) is 12.7. The molecule has 32 heavy (non-hydrogen) atoms. The fraction of sp³-hybridized carbons (Fsp3) is 0.217. The minimum atomic E-state index is -3.70. The molecule has 7 nitrogen and oxygen atoms in total. The first-order valence-electron chi connectivity index (χ1n) is 10.3. The van der Waals surface area contributed by atoms with Gasteiger partial charge in [0.25, 0.3) is 10.0 Å². The molecule has 1 aliphatic carbocycles. The summed E-state index contributed by atoms with van der Waals surface area (Å²) in [4.78, 5) is 17.1. The first-order chi connectivity index (χ1) is 15.4. The number of hydrogen-bond acceptors (Lipinski definition) is 5. The highest BCUT2D eigenvalue weighted by molar-refractivity contribution is 7.93. The fourth-order valence-corrected chi connectivity index (χ4v) is 6.04. The number of aromatic nitrogens is 2. The Balaban J connectivity index is 1.28. The molecule has 2 atom stereocenters. The van der Waals surface area contributed by atoms with E-state index in [0.717, 1.165) is 22.0 Å². The van der Waals surface area contributed by atoms with E-state index in [1.165, 1.54) is 11.3 Å². The number of nitrogens with one attached hydrogen (secondary N) is 2. The van der Waals surface area contributed by atoms with Crippen LogP contribution in [0, 0.1) is 0 Å². The molecule has 0 spiro atoms. The highest BCUT2D eigenvalue weighted by atomic mass is 32.2. The van der Waals surface area contributed by atoms with Crippen molar-refractivity contribution in [2.45, 2.75) is 36.7 Å². The van der Waals surface area contributed by atoms with Gasteiger partial charge in [-0.1, -0.05) is 24.3 Å². The van der Waals surface area contributed by atoms with Crippen molar-refractivity contribution >= 4 is 43.3 Å². The Hall–Kier alpha value is -3.17. The number of amides is 1. The van der Waals surface area contributed by atoms with E-state index in [9.17, 15) is 13.2 Å². The minimum absolute atomic E-state index is 0.0533. The van der Waals surface area contributed by atoms with Crippen molar-refractivity contribution in [3.05, 3.63) is 77.4 Å². The molecule has 4 aromatic rings. The molecule has 0 saturated heterocycles. The molecule has 164 valence electrons. The average molecular weight is 467 g/mol. The van der Waals surface area contributed by atoms with Crippen molar-refractivity contribution in [1.82, 2.24) is 14.9 Å². The van der Waals surface area contributed by atoms with Gasteiger partial charge in [0.2, 0.25) is 5.91 Å². The molecule has 2 aromatic heterocycles. The van der Waals surface area contributed by atoms with Crippen molar-refractivity contribution in [2.75, 3.05) is 4.72 Å². The molecule has 1 amide bonds. The molecule has 0 fully saturated rings. The number of sulfonamides is 1. The number of rotatable bonds is 6. The molecule has 2 unspecified atom stereocenters. The number of fused-ring (bicyclic) bond motifs is 2. The van der Waals surface area contributed by atoms with Crippen LogP contribution in [0.1, 0.15) is 24.1 Å². The van der Waals surface area contributed by atoms with Crippen LogP contribution in [0.25, 0.3) is 10.9 Å². The monoisotopic (exact) mass is 466 g/mol. The topological polar surface area (TPSA) is 93.1 Å². The van der Waals surface area contributed by atoms with Crippen LogP contribution in [0.15, 0.2) is 71.2 Å². The van der Waals surface area contributed by atoms with Gasteiger partial charge in [0, 0.05) is 29.3 Å². The largest absolute Gasteiger partial charge is 0.351 e. The van der Waals surface area contributed by atoms with Crippen molar-refractivity contribution in [3.8, 4) is 0 Å². The summed E-state index contributed by atoms with van der Waals surface area (Å²) in [5, 5.41) is 6.29. The number of thiazole rings is 1. The Morgan fingerprint density at radius 1 is 1.16 bits per heavy atom. The van der Waals surface area contributed by atoms with Crippen LogP contribution in [0.5, 0.6) is 0 Å². The van der Waals surface area contributed by atoms with E-state index in [1.807, 2.05) is 54.1 Å². The Bertz CT molecular complexity index is 1390. The zero-order chi connectivity index (χ0) is 22.3. The maximum atomic E-state index is 13.0. The van der Waals surface area contributed by atoms with Gasteiger partial charge < -0.3 is 9.88 Å². The van der Waals surface area contributed by atoms with E-state index in [0.29, 0.717) is 18.0 Å². The first kappa shape index (κ1) is 20.7. The highest BCUT2D eigenvalue weighted by Gasteiger charge is 2.27. The van der Waals surface area contributed by atoms with E-state index in [4.69, 9.17) is 0 Å². The number of carbonyl (C=O) groups excluding carboxylic acids is 1. The number of para-hydroxylation sites is 1. The molecular formula is C23H22N4O3S2. The van der Waals surface area contributed by atoms with Gasteiger partial charge in [-0.25, -0.2) is 13.4 Å². The van der Waals surface area contributed by atoms with E-state index >= 15 is 0 Å². The van der Waals surface area contributed by atoms with Crippen LogP contribution in [-0.4, -0.2) is 29.9 Å². The molecule has 9 heteroatoms. The number of benzene rings is 2. The second-order valence-corrected chi connectivity index (χ2v) is 10.5. The van der Waals surface area contributed by atoms with Gasteiger partial charge >= 0.3 is 0 Å². The number of nitrogens with zero attached hydrogens (tertiary/aromatic N) is 2. The third-order valence-corrected chi connectivity index (χ3v) is 8.00. The maximum Gasteiger partial charge on any atom is 0.263 e. The Labute approximate surface area is 190 Å². The lowest BCUT2D eigenvalue weighted by molar-refractivity contribution is -0.124. The number of carbonyl (C=O) groups is 1. The lowest BCUT2D eigenvalue weighted by atomic mass is 10.1. The van der Waals surface area contributed by atoms with Gasteiger partial charge in [-0.15, -0.1) is 11.3 Å². The number of hydrogen-bond donors (Lipinski definition) is 2. The summed E-state index contributed by atoms with van der Waals surface area (Å²) in [5.74, 6) is -0.0533. The second-order valence-electron chi connectivity index (χ2n) is 7.94. The van der Waals surface area contributed by atoms with Gasteiger partial charge in [-0.3, -0.25) is 9.52 Å². The summed E-state index contributed by atoms with van der Waals surface area (Å²) in [6.45, 7) is 1.89. The summed E-state index contributed by atoms with van der Waals surface area (Å²) in [7, 11) is -3.70. The van der Waals surface area contributed by atoms with Crippen molar-refractivity contribution in [2.24, 2.45) is 0 Å². The zero-order valence-electron chi connectivity index (χ0n) is 17.4. The molecule has 2 N–H and O–H groups in total. The molecular weight excluding hydrogens is 444 g/mol. The summed E-state index contributed by atoms with van der Waals surface area (Å²) in [5.41, 5.74) is 3.02. The van der Waals surface area contributed by atoms with Gasteiger partial charge in [0.05, 0.1) is 4.90 Å². The standard InChI is InChI=1S/C23H22N4O3S2/c1-15(27-10-8-16-4-2-3-5-21(16)27)22(28)25-19-12-17-6-7-20(14-18(17)13-19)32(29,30)26-23-24-9-11-31-23/h2-11,14-15,19H,12-13H2,1H3,(H,24,26)(H,25,28). The molecule has 5 rings (SSSR count). The molecule has 0 radical (unpaired) electrons. The van der Waals surface area contributed by atoms with Crippen molar-refractivity contribution in [1.29, 1.82) is 0 Å². The van der Waals surface area contributed by atoms with E-state index in [1.54, 1.807) is 23.7 Å². The predicted molar refractivity (Wildman–Crippen MR) is 125 cm³/mol. The van der Waals surface area contributed by atoms with Gasteiger partial charge in [0.1, 0.15) is 6.04 Å². The average Bonchev–Trinajstić information content (AvgIpc) is 3.51. The molecule has 1 aliphatic rings. The van der Waals surface area contributed by atoms with Gasteiger partial charge in [-0.05, 0) is 60.5 Å². The maximum absolute atomic E-state index is 13.0. The summed E-state index contributed by atoms with van der Waals surface area (Å²) in [6, 6.07) is 14.7. The lowest BCUT2D eigenvalue weighted by Gasteiger charge is -2.19. The molecule has 2 heterocycles. The van der Waals surface area contributed by atoms with E-state index in [-0.39, 0.29) is 22.9 Å². The summed E-state index contributed by atoms with van der Waals surface area (Å²) < 4.78 is 29.8. The van der Waals surface area contributed by atoms with Gasteiger partial charge in [0.15, 0.2) is 5.13 Å². The third-order valence-electron chi connectivity index (χ3n) is 5.85. The molecule has 0 aliphatic heterocycles. The minimum Gasteiger partial charge on any atom is -0.351 e. The molecule has 0 saturated carbocycles. The van der Waals surface area contributed by atoms with Crippen LogP contribution < -0.4 is 10.0 Å². The number of anilines is 1. The van der Waals surface area contributed by atoms with Gasteiger partial charge in [-0.2, -0.15) is 0 Å². The quantitative estimate of drug-likeness (QED) is 0.453. The van der Waals surface area contributed by atoms with Crippen LogP contribution in [-0.2, 0) is 27.7 Å². The Morgan fingerprint density at radius 3 is 2.78 bits per heavy atom. The van der Waals surface area contributed by atoms with Crippen molar-refractivity contribution < 1.29 is 13.2 Å². The second kappa shape index (κ2) is 8.07. The zero-order valence-corrected chi connectivity index (χ0v) is 19.0. The van der Waals surface area contributed by atoms with E-state index in [2.05, 4.69) is 15.0 Å². The highest BCUT2D eigenvalue weighted by Crippen LogP contribution is 2.27. The molecule has 2 aromatic carbocycles. The van der Waals surface area contributed by atoms with Crippen LogP contribution >= 0.6 is 11.3 Å².